The van der Waals surface area contributed by atoms with Gasteiger partial charge in [0, 0.05) is 34.6 Å². The molecule has 1 aliphatic heterocycles. The van der Waals surface area contributed by atoms with Gasteiger partial charge < -0.3 is 19.0 Å². The summed E-state index contributed by atoms with van der Waals surface area (Å²) in [6, 6.07) is 11.1. The maximum absolute atomic E-state index is 13.8. The summed E-state index contributed by atoms with van der Waals surface area (Å²) in [6.07, 6.45) is -2.46. The molecule has 1 aliphatic rings. The zero-order valence-corrected chi connectivity index (χ0v) is 15.6. The van der Waals surface area contributed by atoms with E-state index in [1.54, 1.807) is 18.3 Å². The Morgan fingerprint density at radius 3 is 2.80 bits per heavy atom. The van der Waals surface area contributed by atoms with Crippen LogP contribution >= 0.6 is 0 Å². The molecule has 9 heteroatoms. The van der Waals surface area contributed by atoms with Crippen molar-refractivity contribution in [3.05, 3.63) is 54.2 Å². The fourth-order valence-corrected chi connectivity index (χ4v) is 3.54. The van der Waals surface area contributed by atoms with Crippen molar-refractivity contribution in [1.29, 1.82) is 0 Å². The molecular formula is C21H16F3N3O3. The second-order valence-electron chi connectivity index (χ2n) is 6.98. The Bertz CT molecular complexity index is 1190. The number of rotatable bonds is 4. The van der Waals surface area contributed by atoms with Gasteiger partial charge >= 0.3 is 6.18 Å². The highest BCUT2D eigenvalue weighted by molar-refractivity contribution is 5.93. The first kappa shape index (κ1) is 18.7. The maximum Gasteiger partial charge on any atom is 0.417 e. The van der Waals surface area contributed by atoms with E-state index in [0.717, 1.165) is 17.0 Å². The van der Waals surface area contributed by atoms with Gasteiger partial charge in [0.25, 0.3) is 5.89 Å². The molecule has 2 aromatic carbocycles. The number of aromatic amines is 1. The van der Waals surface area contributed by atoms with Crippen LogP contribution < -0.4 is 4.74 Å². The van der Waals surface area contributed by atoms with Gasteiger partial charge in [-0.1, -0.05) is 11.2 Å². The number of hydrogen-bond donors (Lipinski definition) is 1. The molecule has 3 heterocycles. The van der Waals surface area contributed by atoms with Gasteiger partial charge in [0.1, 0.15) is 11.9 Å². The molecular weight excluding hydrogens is 399 g/mol. The normalized spacial score (nSPS) is 17.0. The van der Waals surface area contributed by atoms with E-state index in [4.69, 9.17) is 14.0 Å². The van der Waals surface area contributed by atoms with Crippen molar-refractivity contribution >= 4 is 10.9 Å². The van der Waals surface area contributed by atoms with Crippen LogP contribution in [0.25, 0.3) is 33.7 Å². The van der Waals surface area contributed by atoms with Crippen LogP contribution in [0.4, 0.5) is 13.2 Å². The van der Waals surface area contributed by atoms with Crippen molar-refractivity contribution in [2.24, 2.45) is 0 Å². The minimum atomic E-state index is -4.61. The number of ether oxygens (including phenoxy) is 2. The smallest absolute Gasteiger partial charge is 0.417 e. The Balaban J connectivity index is 1.53. The lowest BCUT2D eigenvalue weighted by molar-refractivity contribution is -0.137. The molecule has 0 saturated carbocycles. The number of aromatic nitrogens is 3. The monoisotopic (exact) mass is 415 g/mol. The lowest BCUT2D eigenvalue weighted by atomic mass is 10.1. The predicted octanol–water partition coefficient (Wildman–Crippen LogP) is 5.07. The van der Waals surface area contributed by atoms with Gasteiger partial charge in [0.15, 0.2) is 0 Å². The highest BCUT2D eigenvalue weighted by atomic mass is 19.4. The van der Waals surface area contributed by atoms with Gasteiger partial charge in [-0.25, -0.2) is 0 Å². The zero-order valence-electron chi connectivity index (χ0n) is 15.6. The van der Waals surface area contributed by atoms with Crippen LogP contribution in [0.3, 0.4) is 0 Å². The second-order valence-corrected chi connectivity index (χ2v) is 6.98. The van der Waals surface area contributed by atoms with Crippen molar-refractivity contribution in [3.63, 3.8) is 0 Å². The van der Waals surface area contributed by atoms with Gasteiger partial charge in [0.05, 0.1) is 18.8 Å². The number of halogens is 3. The minimum absolute atomic E-state index is 0.127. The number of benzene rings is 2. The summed E-state index contributed by atoms with van der Waals surface area (Å²) in [4.78, 5) is 7.31. The van der Waals surface area contributed by atoms with Crippen LogP contribution in [0.1, 0.15) is 12.0 Å². The molecule has 1 fully saturated rings. The third-order valence-electron chi connectivity index (χ3n) is 4.98. The number of fused-ring (bicyclic) bond motifs is 1. The number of H-pyrrole nitrogens is 1. The molecule has 1 N–H and O–H groups in total. The molecule has 5 rings (SSSR count). The molecule has 30 heavy (non-hydrogen) atoms. The van der Waals surface area contributed by atoms with E-state index in [1.165, 1.54) is 12.1 Å². The number of nitrogens with one attached hydrogen (secondary N) is 1. The van der Waals surface area contributed by atoms with Crippen molar-refractivity contribution in [1.82, 2.24) is 15.1 Å². The Hall–Kier alpha value is -3.33. The molecule has 0 spiro atoms. The first-order chi connectivity index (χ1) is 14.5. The first-order valence-corrected chi connectivity index (χ1v) is 9.35. The topological polar surface area (TPSA) is 73.2 Å². The highest BCUT2D eigenvalue weighted by Gasteiger charge is 2.36. The number of hydrogen-bond acceptors (Lipinski definition) is 5. The molecule has 0 unspecified atom stereocenters. The maximum atomic E-state index is 13.8. The lowest BCUT2D eigenvalue weighted by Crippen LogP contribution is -2.16. The molecule has 1 saturated heterocycles. The Morgan fingerprint density at radius 1 is 1.10 bits per heavy atom. The minimum Gasteiger partial charge on any atom is -0.488 e. The van der Waals surface area contributed by atoms with Gasteiger partial charge in [-0.05, 0) is 36.4 Å². The fraction of sp³-hybridized carbons (Fsp3) is 0.238. The third kappa shape index (κ3) is 3.41. The van der Waals surface area contributed by atoms with Gasteiger partial charge in [-0.3, -0.25) is 0 Å². The van der Waals surface area contributed by atoms with E-state index in [1.807, 2.05) is 12.1 Å². The molecule has 0 radical (unpaired) electrons. The van der Waals surface area contributed by atoms with Gasteiger partial charge in [-0.2, -0.15) is 18.2 Å². The van der Waals surface area contributed by atoms with Gasteiger partial charge in [-0.15, -0.1) is 0 Å². The Labute approximate surface area is 168 Å². The Kier molecular flexibility index (Phi) is 4.47. The van der Waals surface area contributed by atoms with E-state index in [9.17, 15) is 13.2 Å². The standard InChI is InChI=1S/C21H16F3N3O3/c22-21(23,24)17-10-12(29-13-7-9-28-11-13)4-5-16(17)19-26-20(30-27-19)15-2-1-3-18-14(15)6-8-25-18/h1-6,8,10,13,25H,7,9,11H2/t13-/m1/s1. The van der Waals surface area contributed by atoms with Crippen LogP contribution in [-0.4, -0.2) is 34.4 Å². The molecule has 6 nitrogen and oxygen atoms in total. The van der Waals surface area contributed by atoms with E-state index in [-0.39, 0.29) is 29.1 Å². The van der Waals surface area contributed by atoms with E-state index >= 15 is 0 Å². The average molecular weight is 415 g/mol. The molecule has 0 amide bonds. The molecule has 1 atom stereocenters. The summed E-state index contributed by atoms with van der Waals surface area (Å²) >= 11 is 0. The summed E-state index contributed by atoms with van der Waals surface area (Å²) in [6.45, 7) is 0.899. The summed E-state index contributed by atoms with van der Waals surface area (Å²) in [7, 11) is 0. The summed E-state index contributed by atoms with van der Waals surface area (Å²) in [5.41, 5.74) is 0.447. The molecule has 4 aromatic rings. The van der Waals surface area contributed by atoms with Crippen LogP contribution in [0.5, 0.6) is 5.75 Å². The molecule has 0 bridgehead atoms. The van der Waals surface area contributed by atoms with Crippen LogP contribution in [0.2, 0.25) is 0 Å². The SMILES string of the molecule is FC(F)(F)c1cc(O[C@@H]2CCOC2)ccc1-c1noc(-c2cccc3[nH]ccc23)n1. The summed E-state index contributed by atoms with van der Waals surface area (Å²) in [5, 5.41) is 4.64. The van der Waals surface area contributed by atoms with E-state index < -0.39 is 11.7 Å². The number of alkyl halides is 3. The van der Waals surface area contributed by atoms with Crippen molar-refractivity contribution < 1.29 is 27.2 Å². The molecule has 0 aliphatic carbocycles. The van der Waals surface area contributed by atoms with Crippen LogP contribution in [0, 0.1) is 0 Å². The van der Waals surface area contributed by atoms with E-state index in [2.05, 4.69) is 15.1 Å². The molecule has 154 valence electrons. The van der Waals surface area contributed by atoms with Crippen LogP contribution in [-0.2, 0) is 10.9 Å². The third-order valence-corrected chi connectivity index (χ3v) is 4.98. The van der Waals surface area contributed by atoms with Crippen LogP contribution in [0.15, 0.2) is 53.2 Å². The zero-order chi connectivity index (χ0) is 20.7. The largest absolute Gasteiger partial charge is 0.488 e. The predicted molar refractivity (Wildman–Crippen MR) is 102 cm³/mol. The number of nitrogens with zero attached hydrogens (tertiary/aromatic N) is 2. The van der Waals surface area contributed by atoms with Gasteiger partial charge in [0.2, 0.25) is 5.82 Å². The summed E-state index contributed by atoms with van der Waals surface area (Å²) in [5.74, 6) is 0.134. The molecule has 2 aromatic heterocycles. The van der Waals surface area contributed by atoms with Crippen molar-refractivity contribution in [2.45, 2.75) is 18.7 Å². The van der Waals surface area contributed by atoms with E-state index in [0.29, 0.717) is 25.2 Å². The highest BCUT2D eigenvalue weighted by Crippen LogP contribution is 2.39. The lowest BCUT2D eigenvalue weighted by Gasteiger charge is -2.16. The van der Waals surface area contributed by atoms with Crippen molar-refractivity contribution in [2.75, 3.05) is 13.2 Å². The second kappa shape index (κ2) is 7.17. The first-order valence-electron chi connectivity index (χ1n) is 9.35. The van der Waals surface area contributed by atoms with Crippen molar-refractivity contribution in [3.8, 4) is 28.6 Å². The average Bonchev–Trinajstić information content (AvgIpc) is 3.48. The fourth-order valence-electron chi connectivity index (χ4n) is 3.54. The Morgan fingerprint density at radius 2 is 2.00 bits per heavy atom. The quantitative estimate of drug-likeness (QED) is 0.504. The summed E-state index contributed by atoms with van der Waals surface area (Å²) < 4.78 is 57.4.